The predicted molar refractivity (Wildman–Crippen MR) is 64.4 cm³/mol. The summed E-state index contributed by atoms with van der Waals surface area (Å²) in [4.78, 5) is 12.9. The fourth-order valence-corrected chi connectivity index (χ4v) is 1.84. The summed E-state index contributed by atoms with van der Waals surface area (Å²) in [5.74, 6) is -0.751. The second kappa shape index (κ2) is 5.66. The number of carboxylic acid groups (broad SMARTS) is 1. The molecule has 1 N–H and O–H groups in total. The number of nitrogens with zero attached hydrogens (tertiary/aromatic N) is 1. The van der Waals surface area contributed by atoms with Gasteiger partial charge in [-0.1, -0.05) is 31.2 Å². The molecular formula is C13H19NO2. The van der Waals surface area contributed by atoms with E-state index in [0.29, 0.717) is 13.0 Å². The molecule has 0 fully saturated rings. The Labute approximate surface area is 96.7 Å². The van der Waals surface area contributed by atoms with Crippen LogP contribution >= 0.6 is 0 Å². The third kappa shape index (κ3) is 3.07. The average molecular weight is 221 g/mol. The van der Waals surface area contributed by atoms with Gasteiger partial charge in [0.2, 0.25) is 0 Å². The highest BCUT2D eigenvalue weighted by molar-refractivity contribution is 5.73. The van der Waals surface area contributed by atoms with Crippen molar-refractivity contribution in [1.82, 2.24) is 4.90 Å². The van der Waals surface area contributed by atoms with Crippen LogP contribution in [-0.2, 0) is 11.3 Å². The summed E-state index contributed by atoms with van der Waals surface area (Å²) >= 11 is 0. The minimum absolute atomic E-state index is 0.403. The molecule has 0 saturated carbocycles. The van der Waals surface area contributed by atoms with Gasteiger partial charge in [-0.15, -0.1) is 0 Å². The number of rotatable bonds is 5. The molecule has 16 heavy (non-hydrogen) atoms. The van der Waals surface area contributed by atoms with Gasteiger partial charge in [-0.2, -0.15) is 0 Å². The van der Waals surface area contributed by atoms with Crippen LogP contribution in [0.3, 0.4) is 0 Å². The molecule has 0 amide bonds. The van der Waals surface area contributed by atoms with Gasteiger partial charge >= 0.3 is 5.97 Å². The molecule has 88 valence electrons. The summed E-state index contributed by atoms with van der Waals surface area (Å²) in [7, 11) is 1.86. The van der Waals surface area contributed by atoms with E-state index in [4.69, 9.17) is 5.11 Å². The SMILES string of the molecule is CCC(C(=O)O)N(C)Cc1ccccc1C. The highest BCUT2D eigenvalue weighted by atomic mass is 16.4. The first kappa shape index (κ1) is 12.7. The van der Waals surface area contributed by atoms with Gasteiger partial charge in [0, 0.05) is 6.54 Å². The molecule has 0 heterocycles. The van der Waals surface area contributed by atoms with Crippen LogP contribution < -0.4 is 0 Å². The van der Waals surface area contributed by atoms with Gasteiger partial charge in [0.05, 0.1) is 0 Å². The van der Waals surface area contributed by atoms with Gasteiger partial charge in [0.25, 0.3) is 0 Å². The van der Waals surface area contributed by atoms with Crippen molar-refractivity contribution in [2.24, 2.45) is 0 Å². The Morgan fingerprint density at radius 3 is 2.56 bits per heavy atom. The highest BCUT2D eigenvalue weighted by Gasteiger charge is 2.20. The number of hydrogen-bond acceptors (Lipinski definition) is 2. The minimum atomic E-state index is -0.751. The first-order valence-corrected chi connectivity index (χ1v) is 5.53. The Morgan fingerprint density at radius 1 is 1.44 bits per heavy atom. The fraction of sp³-hybridized carbons (Fsp3) is 0.462. The lowest BCUT2D eigenvalue weighted by molar-refractivity contribution is -0.143. The number of carboxylic acids is 1. The number of hydrogen-bond donors (Lipinski definition) is 1. The summed E-state index contributed by atoms with van der Waals surface area (Å²) in [6.45, 7) is 4.62. The fourth-order valence-electron chi connectivity index (χ4n) is 1.84. The average Bonchev–Trinajstić information content (AvgIpc) is 2.22. The van der Waals surface area contributed by atoms with Crippen LogP contribution in [0.4, 0.5) is 0 Å². The zero-order valence-electron chi connectivity index (χ0n) is 10.1. The molecule has 0 radical (unpaired) electrons. The first-order valence-electron chi connectivity index (χ1n) is 5.53. The molecule has 3 nitrogen and oxygen atoms in total. The predicted octanol–water partition coefficient (Wildman–Crippen LogP) is 2.29. The maximum absolute atomic E-state index is 11.0. The topological polar surface area (TPSA) is 40.5 Å². The quantitative estimate of drug-likeness (QED) is 0.829. The first-order chi connectivity index (χ1) is 7.56. The monoisotopic (exact) mass is 221 g/mol. The van der Waals surface area contributed by atoms with E-state index in [-0.39, 0.29) is 0 Å². The van der Waals surface area contributed by atoms with E-state index in [1.54, 1.807) is 0 Å². The molecular weight excluding hydrogens is 202 g/mol. The maximum atomic E-state index is 11.0. The van der Waals surface area contributed by atoms with Crippen LogP contribution in [0.5, 0.6) is 0 Å². The summed E-state index contributed by atoms with van der Waals surface area (Å²) in [5.41, 5.74) is 2.39. The standard InChI is InChI=1S/C13H19NO2/c1-4-12(13(15)16)14(3)9-11-8-6-5-7-10(11)2/h5-8,12H,4,9H2,1-3H3,(H,15,16). The Morgan fingerprint density at radius 2 is 2.06 bits per heavy atom. The van der Waals surface area contributed by atoms with Crippen LogP contribution in [0.15, 0.2) is 24.3 Å². The zero-order valence-corrected chi connectivity index (χ0v) is 10.1. The third-order valence-electron chi connectivity index (χ3n) is 2.88. The second-order valence-corrected chi connectivity index (χ2v) is 4.10. The minimum Gasteiger partial charge on any atom is -0.480 e. The molecule has 1 atom stereocenters. The molecule has 0 bridgehead atoms. The van der Waals surface area contributed by atoms with E-state index in [1.807, 2.05) is 50.1 Å². The lowest BCUT2D eigenvalue weighted by atomic mass is 10.1. The highest BCUT2D eigenvalue weighted by Crippen LogP contribution is 2.12. The second-order valence-electron chi connectivity index (χ2n) is 4.10. The summed E-state index contributed by atoms with van der Waals surface area (Å²) in [6.07, 6.45) is 0.623. The normalized spacial score (nSPS) is 12.8. The number of aryl methyl sites for hydroxylation is 1. The van der Waals surface area contributed by atoms with E-state index in [2.05, 4.69) is 0 Å². The molecule has 0 aromatic heterocycles. The molecule has 3 heteroatoms. The number of aliphatic carboxylic acids is 1. The van der Waals surface area contributed by atoms with E-state index in [9.17, 15) is 4.79 Å². The van der Waals surface area contributed by atoms with Crippen LogP contribution in [-0.4, -0.2) is 29.1 Å². The third-order valence-corrected chi connectivity index (χ3v) is 2.88. The molecule has 1 aromatic carbocycles. The van der Waals surface area contributed by atoms with E-state index in [0.717, 1.165) is 0 Å². The van der Waals surface area contributed by atoms with Gasteiger partial charge in [-0.3, -0.25) is 9.69 Å². The molecule has 0 saturated heterocycles. The van der Waals surface area contributed by atoms with Crippen molar-refractivity contribution in [3.63, 3.8) is 0 Å². The van der Waals surface area contributed by atoms with Gasteiger partial charge < -0.3 is 5.11 Å². The summed E-state index contributed by atoms with van der Waals surface area (Å²) in [5, 5.41) is 9.05. The maximum Gasteiger partial charge on any atom is 0.320 e. The molecule has 1 unspecified atom stereocenters. The number of likely N-dealkylation sites (N-methyl/N-ethyl adjacent to an activating group) is 1. The molecule has 0 aliphatic rings. The van der Waals surface area contributed by atoms with Crippen LogP contribution in [0.1, 0.15) is 24.5 Å². The van der Waals surface area contributed by atoms with E-state index >= 15 is 0 Å². The van der Waals surface area contributed by atoms with Crippen molar-refractivity contribution in [1.29, 1.82) is 0 Å². The van der Waals surface area contributed by atoms with Crippen molar-refractivity contribution in [2.45, 2.75) is 32.9 Å². The Bertz CT molecular complexity index is 363. The van der Waals surface area contributed by atoms with Crippen LogP contribution in [0, 0.1) is 6.92 Å². The molecule has 1 aromatic rings. The molecule has 0 aliphatic carbocycles. The van der Waals surface area contributed by atoms with Gasteiger partial charge in [-0.25, -0.2) is 0 Å². The summed E-state index contributed by atoms with van der Waals surface area (Å²) in [6, 6.07) is 7.66. The zero-order chi connectivity index (χ0) is 12.1. The smallest absolute Gasteiger partial charge is 0.320 e. The van der Waals surface area contributed by atoms with Crippen molar-refractivity contribution in [3.8, 4) is 0 Å². The lowest BCUT2D eigenvalue weighted by Crippen LogP contribution is -2.37. The van der Waals surface area contributed by atoms with E-state index in [1.165, 1.54) is 11.1 Å². The number of benzene rings is 1. The molecule has 0 spiro atoms. The van der Waals surface area contributed by atoms with E-state index < -0.39 is 12.0 Å². The van der Waals surface area contributed by atoms with Crippen molar-refractivity contribution < 1.29 is 9.90 Å². The molecule has 1 rings (SSSR count). The van der Waals surface area contributed by atoms with Crippen molar-refractivity contribution >= 4 is 5.97 Å². The van der Waals surface area contributed by atoms with Crippen LogP contribution in [0.2, 0.25) is 0 Å². The number of carbonyl (C=O) groups is 1. The van der Waals surface area contributed by atoms with Crippen LogP contribution in [0.25, 0.3) is 0 Å². The Balaban J connectivity index is 2.74. The van der Waals surface area contributed by atoms with Gasteiger partial charge in [0.1, 0.15) is 6.04 Å². The lowest BCUT2D eigenvalue weighted by Gasteiger charge is -2.24. The largest absolute Gasteiger partial charge is 0.480 e. The van der Waals surface area contributed by atoms with Crippen molar-refractivity contribution in [2.75, 3.05) is 7.05 Å². The Kier molecular flexibility index (Phi) is 4.50. The Hall–Kier alpha value is -1.35. The molecule has 0 aliphatic heterocycles. The summed E-state index contributed by atoms with van der Waals surface area (Å²) < 4.78 is 0. The van der Waals surface area contributed by atoms with Gasteiger partial charge in [-0.05, 0) is 31.5 Å². The van der Waals surface area contributed by atoms with Crippen molar-refractivity contribution in [3.05, 3.63) is 35.4 Å². The van der Waals surface area contributed by atoms with Gasteiger partial charge in [0.15, 0.2) is 0 Å².